The Balaban J connectivity index is 1.83. The van der Waals surface area contributed by atoms with Crippen LogP contribution >= 0.6 is 0 Å². The van der Waals surface area contributed by atoms with Crippen LogP contribution in [0.15, 0.2) is 29.3 Å². The van der Waals surface area contributed by atoms with Crippen LogP contribution in [0.25, 0.3) is 0 Å². The molecule has 1 fully saturated rings. The summed E-state index contributed by atoms with van der Waals surface area (Å²) in [5.41, 5.74) is 1.13. The Labute approximate surface area is 193 Å². The van der Waals surface area contributed by atoms with E-state index in [4.69, 9.17) is 14.5 Å². The Kier molecular flexibility index (Phi) is 11.9. The molecular weight excluding hydrogens is 406 g/mol. The van der Waals surface area contributed by atoms with Crippen LogP contribution in [-0.4, -0.2) is 88.3 Å². The van der Waals surface area contributed by atoms with E-state index < -0.39 is 0 Å². The molecular formula is C24H41N5O3. The predicted molar refractivity (Wildman–Crippen MR) is 129 cm³/mol. The minimum Gasteiger partial charge on any atom is -0.497 e. The minimum atomic E-state index is 0.0323. The third kappa shape index (κ3) is 9.04. The number of methoxy groups -OCH3 is 1. The third-order valence-corrected chi connectivity index (χ3v) is 5.54. The maximum absolute atomic E-state index is 12.4. The van der Waals surface area contributed by atoms with Crippen molar-refractivity contribution >= 4 is 11.9 Å². The fraction of sp³-hybridized carbons (Fsp3) is 0.667. The lowest BCUT2D eigenvalue weighted by Crippen LogP contribution is -2.44. The average Bonchev–Trinajstić information content (AvgIpc) is 3.27. The molecule has 0 spiro atoms. The number of carbonyl (C=O) groups excluding carboxylic acids is 1. The summed E-state index contributed by atoms with van der Waals surface area (Å²) in [6, 6.07) is 8.00. The molecule has 32 heavy (non-hydrogen) atoms. The summed E-state index contributed by atoms with van der Waals surface area (Å²) < 4.78 is 10.6. The molecule has 8 nitrogen and oxygen atoms in total. The van der Waals surface area contributed by atoms with Crippen LogP contribution in [0.3, 0.4) is 0 Å². The topological polar surface area (TPSA) is 78.4 Å². The molecule has 1 atom stereocenters. The highest BCUT2D eigenvalue weighted by Gasteiger charge is 2.30. The summed E-state index contributed by atoms with van der Waals surface area (Å²) in [5.74, 6) is 1.87. The number of nitrogens with zero attached hydrogens (tertiary/aromatic N) is 3. The molecule has 0 aromatic heterocycles. The zero-order chi connectivity index (χ0) is 23.2. The molecule has 180 valence electrons. The highest BCUT2D eigenvalue weighted by molar-refractivity contribution is 5.81. The number of guanidine groups is 1. The maximum Gasteiger partial charge on any atom is 0.239 e. The van der Waals surface area contributed by atoms with Gasteiger partial charge in [0.25, 0.3) is 0 Å². The Hall–Kier alpha value is -2.32. The van der Waals surface area contributed by atoms with Crippen molar-refractivity contribution in [3.05, 3.63) is 29.8 Å². The number of benzene rings is 1. The molecule has 1 saturated heterocycles. The molecule has 0 saturated carbocycles. The van der Waals surface area contributed by atoms with Gasteiger partial charge in [0.05, 0.1) is 19.7 Å². The highest BCUT2D eigenvalue weighted by Crippen LogP contribution is 2.18. The monoisotopic (exact) mass is 447 g/mol. The summed E-state index contributed by atoms with van der Waals surface area (Å²) >= 11 is 0. The highest BCUT2D eigenvalue weighted by atomic mass is 16.5. The van der Waals surface area contributed by atoms with E-state index in [2.05, 4.69) is 15.5 Å². The number of hydrogen-bond donors (Lipinski definition) is 2. The summed E-state index contributed by atoms with van der Waals surface area (Å²) in [6.07, 6.45) is 3.94. The van der Waals surface area contributed by atoms with Gasteiger partial charge in [-0.2, -0.15) is 0 Å². The number of rotatable bonds is 13. The quantitative estimate of drug-likeness (QED) is 0.274. The summed E-state index contributed by atoms with van der Waals surface area (Å²) in [5, 5.41) is 6.85. The van der Waals surface area contributed by atoms with E-state index in [1.807, 2.05) is 45.3 Å². The second-order valence-electron chi connectivity index (χ2n) is 8.20. The van der Waals surface area contributed by atoms with Crippen molar-refractivity contribution in [1.29, 1.82) is 0 Å². The molecule has 1 aliphatic heterocycles. The van der Waals surface area contributed by atoms with Crippen LogP contribution in [-0.2, 0) is 16.1 Å². The molecule has 0 bridgehead atoms. The second-order valence-corrected chi connectivity index (χ2v) is 8.20. The van der Waals surface area contributed by atoms with E-state index in [9.17, 15) is 4.79 Å². The van der Waals surface area contributed by atoms with Gasteiger partial charge in [-0.1, -0.05) is 12.1 Å². The first-order valence-electron chi connectivity index (χ1n) is 11.7. The number of ether oxygens (including phenoxy) is 2. The molecule has 1 aliphatic rings. The Morgan fingerprint density at radius 2 is 1.91 bits per heavy atom. The van der Waals surface area contributed by atoms with Crippen LogP contribution < -0.4 is 15.4 Å². The standard InChI is InChI=1S/C24H41N5O3/c1-5-32-18-8-15-26-24(27-19-20-10-12-21(31-4)13-11-20)25-14-7-17-29-16-6-9-22(29)23(30)28(2)3/h10-13,22H,5-9,14-19H2,1-4H3,(H2,25,26,27). The Morgan fingerprint density at radius 1 is 1.19 bits per heavy atom. The normalized spacial score (nSPS) is 16.8. The number of likely N-dealkylation sites (tertiary alicyclic amines) is 1. The molecule has 1 unspecified atom stereocenters. The van der Waals surface area contributed by atoms with Gasteiger partial charge in [-0.15, -0.1) is 0 Å². The van der Waals surface area contributed by atoms with Gasteiger partial charge in [-0.3, -0.25) is 9.69 Å². The van der Waals surface area contributed by atoms with Crippen molar-refractivity contribution < 1.29 is 14.3 Å². The minimum absolute atomic E-state index is 0.0323. The van der Waals surface area contributed by atoms with Gasteiger partial charge >= 0.3 is 0 Å². The SMILES string of the molecule is CCOCCCNC(=NCc1ccc(OC)cc1)NCCCN1CCCC1C(=O)N(C)C. The van der Waals surface area contributed by atoms with Crippen molar-refractivity contribution in [3.8, 4) is 5.75 Å². The predicted octanol–water partition coefficient (Wildman–Crippen LogP) is 2.10. The number of amides is 1. The number of nitrogens with one attached hydrogen (secondary N) is 2. The molecule has 0 radical (unpaired) electrons. The largest absolute Gasteiger partial charge is 0.497 e. The molecule has 2 N–H and O–H groups in total. The van der Waals surface area contributed by atoms with E-state index in [0.29, 0.717) is 6.54 Å². The lowest BCUT2D eigenvalue weighted by Gasteiger charge is -2.26. The smallest absolute Gasteiger partial charge is 0.239 e. The van der Waals surface area contributed by atoms with E-state index in [1.54, 1.807) is 12.0 Å². The van der Waals surface area contributed by atoms with Crippen molar-refractivity contribution in [2.75, 3.05) is 60.6 Å². The lowest BCUT2D eigenvalue weighted by atomic mass is 10.2. The molecule has 8 heteroatoms. The van der Waals surface area contributed by atoms with Crippen molar-refractivity contribution in [1.82, 2.24) is 20.4 Å². The molecule has 1 heterocycles. The van der Waals surface area contributed by atoms with Crippen LogP contribution in [0.5, 0.6) is 5.75 Å². The van der Waals surface area contributed by atoms with Gasteiger partial charge in [-0.05, 0) is 56.8 Å². The zero-order valence-electron chi connectivity index (χ0n) is 20.2. The number of carbonyl (C=O) groups is 1. The molecule has 1 amide bonds. The summed E-state index contributed by atoms with van der Waals surface area (Å²) in [4.78, 5) is 21.1. The van der Waals surface area contributed by atoms with Gasteiger partial charge < -0.3 is 25.0 Å². The molecule has 1 aromatic carbocycles. The van der Waals surface area contributed by atoms with Crippen LogP contribution in [0.2, 0.25) is 0 Å². The van der Waals surface area contributed by atoms with Gasteiger partial charge in [0.15, 0.2) is 5.96 Å². The zero-order valence-corrected chi connectivity index (χ0v) is 20.2. The number of likely N-dealkylation sites (N-methyl/N-ethyl adjacent to an activating group) is 1. The fourth-order valence-corrected chi connectivity index (χ4v) is 3.76. The van der Waals surface area contributed by atoms with Crippen LogP contribution in [0.4, 0.5) is 0 Å². The van der Waals surface area contributed by atoms with E-state index in [-0.39, 0.29) is 11.9 Å². The van der Waals surface area contributed by atoms with Gasteiger partial charge in [0.1, 0.15) is 5.75 Å². The van der Waals surface area contributed by atoms with Crippen molar-refractivity contribution in [2.24, 2.45) is 4.99 Å². The maximum atomic E-state index is 12.4. The van der Waals surface area contributed by atoms with E-state index in [0.717, 1.165) is 82.3 Å². The fourth-order valence-electron chi connectivity index (χ4n) is 3.76. The van der Waals surface area contributed by atoms with Gasteiger partial charge in [0, 0.05) is 46.9 Å². The number of aliphatic imine (C=N–C) groups is 1. The first-order chi connectivity index (χ1) is 15.5. The van der Waals surface area contributed by atoms with Crippen LogP contribution in [0.1, 0.15) is 38.2 Å². The summed E-state index contributed by atoms with van der Waals surface area (Å²) in [6.45, 7) is 7.60. The van der Waals surface area contributed by atoms with E-state index in [1.165, 1.54) is 0 Å². The lowest BCUT2D eigenvalue weighted by molar-refractivity contribution is -0.133. The average molecular weight is 448 g/mol. The molecule has 0 aliphatic carbocycles. The number of hydrogen-bond acceptors (Lipinski definition) is 5. The first-order valence-corrected chi connectivity index (χ1v) is 11.7. The Morgan fingerprint density at radius 3 is 2.56 bits per heavy atom. The Bertz CT molecular complexity index is 693. The summed E-state index contributed by atoms with van der Waals surface area (Å²) in [7, 11) is 5.34. The van der Waals surface area contributed by atoms with Crippen molar-refractivity contribution in [2.45, 2.75) is 45.2 Å². The molecule has 2 rings (SSSR count). The third-order valence-electron chi connectivity index (χ3n) is 5.54. The first kappa shape index (κ1) is 25.9. The van der Waals surface area contributed by atoms with E-state index >= 15 is 0 Å². The van der Waals surface area contributed by atoms with Crippen molar-refractivity contribution in [3.63, 3.8) is 0 Å². The molecule has 1 aromatic rings. The second kappa shape index (κ2) is 14.7. The van der Waals surface area contributed by atoms with Gasteiger partial charge in [0.2, 0.25) is 5.91 Å². The van der Waals surface area contributed by atoms with Gasteiger partial charge in [-0.25, -0.2) is 4.99 Å². The van der Waals surface area contributed by atoms with Crippen LogP contribution in [0, 0.1) is 0 Å².